The molecule has 4 nitrogen and oxygen atoms in total. The van der Waals surface area contributed by atoms with Crippen molar-refractivity contribution in [1.82, 2.24) is 15.2 Å². The summed E-state index contributed by atoms with van der Waals surface area (Å²) >= 11 is 1.86. The van der Waals surface area contributed by atoms with Crippen LogP contribution in [-0.4, -0.2) is 50.2 Å². The van der Waals surface area contributed by atoms with Gasteiger partial charge in [-0.3, -0.25) is 0 Å². The second kappa shape index (κ2) is 7.38. The number of hydrogen-bond acceptors (Lipinski definition) is 5. The Hall–Kier alpha value is -0.650. The van der Waals surface area contributed by atoms with Crippen LogP contribution in [0.4, 0.5) is 5.13 Å². The van der Waals surface area contributed by atoms with Crippen molar-refractivity contribution in [3.63, 3.8) is 0 Å². The zero-order valence-electron chi connectivity index (χ0n) is 13.3. The highest BCUT2D eigenvalue weighted by Gasteiger charge is 2.21. The molecule has 1 aliphatic rings. The molecule has 0 aromatic carbocycles. The molecule has 1 fully saturated rings. The third-order valence-electron chi connectivity index (χ3n) is 3.59. The molecule has 114 valence electrons. The fourth-order valence-electron chi connectivity index (χ4n) is 2.07. The zero-order valence-corrected chi connectivity index (χ0v) is 14.1. The molecule has 1 aromatic rings. The maximum absolute atomic E-state index is 4.86. The molecule has 0 atom stereocenters. The van der Waals surface area contributed by atoms with Crippen molar-refractivity contribution < 1.29 is 0 Å². The summed E-state index contributed by atoms with van der Waals surface area (Å²) < 4.78 is 0. The van der Waals surface area contributed by atoms with Crippen LogP contribution in [0.3, 0.4) is 0 Å². The van der Waals surface area contributed by atoms with Gasteiger partial charge in [-0.25, -0.2) is 4.98 Å². The largest absolute Gasteiger partial charge is 0.350 e. The quantitative estimate of drug-likeness (QED) is 0.758. The molecule has 5 heteroatoms. The lowest BCUT2D eigenvalue weighted by Crippen LogP contribution is -2.28. The lowest BCUT2D eigenvalue weighted by Gasteiger charge is -2.18. The van der Waals surface area contributed by atoms with Crippen molar-refractivity contribution in [2.45, 2.75) is 45.2 Å². The van der Waals surface area contributed by atoms with E-state index >= 15 is 0 Å². The van der Waals surface area contributed by atoms with E-state index in [1.54, 1.807) is 0 Å². The second-order valence-corrected chi connectivity index (χ2v) is 7.06. The average molecular weight is 296 g/mol. The number of nitrogens with one attached hydrogen (secondary N) is 1. The van der Waals surface area contributed by atoms with E-state index in [9.17, 15) is 0 Å². The lowest BCUT2D eigenvalue weighted by atomic mass is 10.2. The van der Waals surface area contributed by atoms with Gasteiger partial charge < -0.3 is 15.1 Å². The molecule has 0 unspecified atom stereocenters. The third kappa shape index (κ3) is 4.72. The normalized spacial score (nSPS) is 15.1. The Morgan fingerprint density at radius 3 is 2.60 bits per heavy atom. The molecule has 0 amide bonds. The summed E-state index contributed by atoms with van der Waals surface area (Å²) in [6.07, 6.45) is 4.95. The highest BCUT2D eigenvalue weighted by atomic mass is 32.1. The van der Waals surface area contributed by atoms with Gasteiger partial charge in [-0.05, 0) is 33.4 Å². The lowest BCUT2D eigenvalue weighted by molar-refractivity contribution is 0.416. The molecule has 1 aliphatic carbocycles. The Labute approximate surface area is 127 Å². The van der Waals surface area contributed by atoms with E-state index in [1.165, 1.54) is 35.0 Å². The SMILES string of the molecule is CCCc1nc(N(C)CCN(C)C)sc1CNC1CC1. The van der Waals surface area contributed by atoms with Gasteiger partial charge in [0, 0.05) is 37.6 Å². The van der Waals surface area contributed by atoms with E-state index in [4.69, 9.17) is 4.98 Å². The number of likely N-dealkylation sites (N-methyl/N-ethyl adjacent to an activating group) is 2. The fraction of sp³-hybridized carbons (Fsp3) is 0.800. The summed E-state index contributed by atoms with van der Waals surface area (Å²) in [6.45, 7) is 5.32. The van der Waals surface area contributed by atoms with Crippen LogP contribution >= 0.6 is 11.3 Å². The minimum Gasteiger partial charge on any atom is -0.350 e. The predicted octanol–water partition coefficient (Wildman–Crippen LogP) is 2.35. The highest BCUT2D eigenvalue weighted by Crippen LogP contribution is 2.28. The van der Waals surface area contributed by atoms with Gasteiger partial charge >= 0.3 is 0 Å². The van der Waals surface area contributed by atoms with Crippen molar-refractivity contribution in [1.29, 1.82) is 0 Å². The van der Waals surface area contributed by atoms with Crippen molar-refractivity contribution in [3.05, 3.63) is 10.6 Å². The average Bonchev–Trinajstić information content (AvgIpc) is 3.15. The number of rotatable bonds is 9. The Bertz CT molecular complexity index is 412. The summed E-state index contributed by atoms with van der Waals surface area (Å²) in [5.74, 6) is 0. The second-order valence-electron chi connectivity index (χ2n) is 6.00. The van der Waals surface area contributed by atoms with Crippen molar-refractivity contribution >= 4 is 16.5 Å². The van der Waals surface area contributed by atoms with Crippen LogP contribution in [0.2, 0.25) is 0 Å². The fourth-order valence-corrected chi connectivity index (χ4v) is 3.12. The number of nitrogens with zero attached hydrogens (tertiary/aromatic N) is 3. The number of aromatic nitrogens is 1. The first-order chi connectivity index (χ1) is 9.60. The molecule has 1 N–H and O–H groups in total. The van der Waals surface area contributed by atoms with Crippen molar-refractivity contribution in [3.8, 4) is 0 Å². The number of hydrogen-bond donors (Lipinski definition) is 1. The van der Waals surface area contributed by atoms with Crippen LogP contribution < -0.4 is 10.2 Å². The first-order valence-corrected chi connectivity index (χ1v) is 8.49. The summed E-state index contributed by atoms with van der Waals surface area (Å²) in [5, 5.41) is 4.79. The van der Waals surface area contributed by atoms with E-state index in [2.05, 4.69) is 43.2 Å². The molecule has 0 aliphatic heterocycles. The van der Waals surface area contributed by atoms with Gasteiger partial charge in [0.1, 0.15) is 0 Å². The molecule has 0 saturated heterocycles. The molecule has 0 spiro atoms. The van der Waals surface area contributed by atoms with Gasteiger partial charge in [0.25, 0.3) is 0 Å². The number of thiazole rings is 1. The maximum Gasteiger partial charge on any atom is 0.185 e. The number of aryl methyl sites for hydroxylation is 1. The van der Waals surface area contributed by atoms with E-state index in [0.29, 0.717) is 0 Å². The van der Waals surface area contributed by atoms with Gasteiger partial charge in [0.2, 0.25) is 0 Å². The molecule has 2 rings (SSSR count). The van der Waals surface area contributed by atoms with E-state index in [0.717, 1.165) is 32.1 Å². The first-order valence-electron chi connectivity index (χ1n) is 7.68. The minimum absolute atomic E-state index is 0.765. The highest BCUT2D eigenvalue weighted by molar-refractivity contribution is 7.15. The molecular formula is C15H28N4S. The smallest absolute Gasteiger partial charge is 0.185 e. The molecule has 1 aromatic heterocycles. The van der Waals surface area contributed by atoms with Gasteiger partial charge in [-0.15, -0.1) is 11.3 Å². The van der Waals surface area contributed by atoms with E-state index < -0.39 is 0 Å². The van der Waals surface area contributed by atoms with Crippen LogP contribution in [0.15, 0.2) is 0 Å². The van der Waals surface area contributed by atoms with E-state index in [-0.39, 0.29) is 0 Å². The monoisotopic (exact) mass is 296 g/mol. The number of anilines is 1. The molecule has 0 radical (unpaired) electrons. The van der Waals surface area contributed by atoms with Gasteiger partial charge in [0.05, 0.1) is 5.69 Å². The zero-order chi connectivity index (χ0) is 14.5. The summed E-state index contributed by atoms with van der Waals surface area (Å²) in [5.41, 5.74) is 1.30. The van der Waals surface area contributed by atoms with Crippen molar-refractivity contribution in [2.75, 3.05) is 39.1 Å². The van der Waals surface area contributed by atoms with Gasteiger partial charge in [-0.1, -0.05) is 13.3 Å². The van der Waals surface area contributed by atoms with E-state index in [1.807, 2.05) is 11.3 Å². The van der Waals surface area contributed by atoms with Crippen LogP contribution in [-0.2, 0) is 13.0 Å². The third-order valence-corrected chi connectivity index (χ3v) is 4.80. The Morgan fingerprint density at radius 1 is 1.25 bits per heavy atom. The van der Waals surface area contributed by atoms with Gasteiger partial charge in [0.15, 0.2) is 5.13 Å². The summed E-state index contributed by atoms with van der Waals surface area (Å²) in [7, 11) is 6.38. The van der Waals surface area contributed by atoms with Gasteiger partial charge in [-0.2, -0.15) is 0 Å². The first kappa shape index (κ1) is 15.7. The molecule has 20 heavy (non-hydrogen) atoms. The van der Waals surface area contributed by atoms with Crippen LogP contribution in [0.1, 0.15) is 36.8 Å². The van der Waals surface area contributed by atoms with Crippen molar-refractivity contribution in [2.24, 2.45) is 0 Å². The Balaban J connectivity index is 1.98. The Morgan fingerprint density at radius 2 is 2.00 bits per heavy atom. The molecule has 1 heterocycles. The minimum atomic E-state index is 0.765. The molecule has 1 saturated carbocycles. The molecule has 0 bridgehead atoms. The summed E-state index contributed by atoms with van der Waals surface area (Å²) in [6, 6.07) is 0.765. The Kier molecular flexibility index (Phi) is 5.81. The van der Waals surface area contributed by atoms with Crippen LogP contribution in [0.25, 0.3) is 0 Å². The topological polar surface area (TPSA) is 31.4 Å². The van der Waals surface area contributed by atoms with Crippen LogP contribution in [0, 0.1) is 0 Å². The molecular weight excluding hydrogens is 268 g/mol. The van der Waals surface area contributed by atoms with Crippen LogP contribution in [0.5, 0.6) is 0 Å². The summed E-state index contributed by atoms with van der Waals surface area (Å²) in [4.78, 5) is 10.8. The standard InChI is InChI=1S/C15H28N4S/c1-5-6-13-14(11-16-12-7-8-12)20-15(17-13)19(4)10-9-18(2)3/h12,16H,5-11H2,1-4H3. The predicted molar refractivity (Wildman–Crippen MR) is 87.8 cm³/mol. The maximum atomic E-state index is 4.86.